The van der Waals surface area contributed by atoms with Crippen molar-refractivity contribution in [3.8, 4) is 0 Å². The van der Waals surface area contributed by atoms with Crippen molar-refractivity contribution in [3.63, 3.8) is 0 Å². The van der Waals surface area contributed by atoms with Gasteiger partial charge in [0.15, 0.2) is 5.78 Å². The molecule has 2 aliphatic rings. The minimum absolute atomic E-state index is 0.213. The Bertz CT molecular complexity index is 1820. The number of H-pyrrole nitrogens is 1. The number of hydrogen-bond donors (Lipinski definition) is 3. The van der Waals surface area contributed by atoms with E-state index in [2.05, 4.69) is 27.1 Å². The zero-order valence-electron chi connectivity index (χ0n) is 26.4. The topological polar surface area (TPSA) is 140 Å². The van der Waals surface area contributed by atoms with Crippen molar-refractivity contribution in [1.82, 2.24) is 19.4 Å². The van der Waals surface area contributed by atoms with Crippen LogP contribution in [0.15, 0.2) is 62.6 Å². The van der Waals surface area contributed by atoms with Crippen LogP contribution in [0.2, 0.25) is 0 Å². The molecular formula is C34H38F2N6O5. The number of nitrogens with zero attached hydrogens (tertiary/aromatic N) is 4. The quantitative estimate of drug-likeness (QED) is 0.209. The molecule has 1 fully saturated rings. The molecule has 0 spiro atoms. The number of carboxylic acid groups (broad SMARTS) is 1. The number of aromatic nitrogens is 2. The van der Waals surface area contributed by atoms with E-state index in [0.717, 1.165) is 43.6 Å². The Labute approximate surface area is 270 Å². The zero-order chi connectivity index (χ0) is 33.7. The van der Waals surface area contributed by atoms with E-state index < -0.39 is 34.6 Å². The number of amidine groups is 1. The predicted molar refractivity (Wildman–Crippen MR) is 175 cm³/mol. The van der Waals surface area contributed by atoms with Gasteiger partial charge in [-0.15, -0.1) is 0 Å². The van der Waals surface area contributed by atoms with Gasteiger partial charge in [0.25, 0.3) is 5.56 Å². The van der Waals surface area contributed by atoms with E-state index in [0.29, 0.717) is 56.9 Å². The first-order valence-electron chi connectivity index (χ1n) is 15.8. The number of aryl methyl sites for hydroxylation is 2. The van der Waals surface area contributed by atoms with E-state index in [1.165, 1.54) is 21.8 Å². The first-order chi connectivity index (χ1) is 22.5. The second kappa shape index (κ2) is 14.7. The molecule has 0 saturated carbocycles. The highest BCUT2D eigenvalue weighted by Gasteiger charge is 2.33. The number of aromatic amines is 1. The van der Waals surface area contributed by atoms with E-state index in [9.17, 15) is 33.1 Å². The van der Waals surface area contributed by atoms with Crippen LogP contribution in [0.25, 0.3) is 5.70 Å². The van der Waals surface area contributed by atoms with Gasteiger partial charge in [0.2, 0.25) is 0 Å². The molecular weight excluding hydrogens is 610 g/mol. The lowest BCUT2D eigenvalue weighted by Crippen LogP contribution is -2.49. The molecule has 3 heterocycles. The third-order valence-electron chi connectivity index (χ3n) is 8.60. The number of aliphatic imine (C=N–C) groups is 1. The van der Waals surface area contributed by atoms with Gasteiger partial charge in [-0.1, -0.05) is 19.4 Å². The van der Waals surface area contributed by atoms with Crippen molar-refractivity contribution in [3.05, 3.63) is 97.2 Å². The molecule has 0 bridgehead atoms. The van der Waals surface area contributed by atoms with Crippen molar-refractivity contribution in [2.45, 2.75) is 52.5 Å². The highest BCUT2D eigenvalue weighted by Crippen LogP contribution is 2.30. The number of carboxylic acids is 1. The molecule has 3 aromatic rings. The van der Waals surface area contributed by atoms with Gasteiger partial charge in [-0.2, -0.15) is 0 Å². The van der Waals surface area contributed by atoms with Crippen LogP contribution in [0.1, 0.15) is 49.3 Å². The Balaban J connectivity index is 1.11. The van der Waals surface area contributed by atoms with Gasteiger partial charge in [0, 0.05) is 56.1 Å². The van der Waals surface area contributed by atoms with Crippen molar-refractivity contribution in [2.24, 2.45) is 4.99 Å². The standard InChI is InChI=1S/C34H38F2N6O5/c1-3-22-17-24(9-7-21(22)2)37-28-20-30(44)42(34(47)38-28)12-6-4-5-11-40-13-15-41(16-14-40)29-19-27(43)31(33(45)46)32(39-29)25-10-8-23(35)18-26(25)36/h7-10,17-18,20,37H,3-6,11-16,19H2,1-2H3,(H,38,47)(H,45,46). The number of hydrogen-bond acceptors (Lipinski definition) is 8. The van der Waals surface area contributed by atoms with E-state index in [4.69, 9.17) is 0 Å². The number of carbonyl (C=O) groups excluding carboxylic acids is 1. The highest BCUT2D eigenvalue weighted by molar-refractivity contribution is 6.28. The molecule has 2 aromatic carbocycles. The SMILES string of the molecule is CCc1cc(Nc2cc(=O)n(CCCCCN3CCN(C4=NC(c5ccc(F)cc5F)=C(C(=O)O)C(=O)C4)CC3)c(=O)[nH]2)ccc1C. The fourth-order valence-electron chi connectivity index (χ4n) is 5.96. The van der Waals surface area contributed by atoms with E-state index >= 15 is 0 Å². The molecule has 0 radical (unpaired) electrons. The number of benzene rings is 2. The van der Waals surface area contributed by atoms with Gasteiger partial charge < -0.3 is 15.3 Å². The number of rotatable bonds is 11. The van der Waals surface area contributed by atoms with Crippen LogP contribution in [0.4, 0.5) is 20.3 Å². The molecule has 3 N–H and O–H groups in total. The number of piperazine rings is 1. The molecule has 0 unspecified atom stereocenters. The molecule has 2 aliphatic heterocycles. The van der Waals surface area contributed by atoms with Crippen molar-refractivity contribution in [1.29, 1.82) is 0 Å². The Morgan fingerprint density at radius 1 is 0.979 bits per heavy atom. The monoisotopic (exact) mass is 648 g/mol. The molecule has 1 saturated heterocycles. The van der Waals surface area contributed by atoms with Crippen LogP contribution in [0.3, 0.4) is 0 Å². The van der Waals surface area contributed by atoms with Gasteiger partial charge in [-0.25, -0.2) is 23.4 Å². The van der Waals surface area contributed by atoms with E-state index in [-0.39, 0.29) is 23.2 Å². The summed E-state index contributed by atoms with van der Waals surface area (Å²) in [6, 6.07) is 10.0. The Morgan fingerprint density at radius 3 is 2.40 bits per heavy atom. The summed E-state index contributed by atoms with van der Waals surface area (Å²) in [5, 5.41) is 12.7. The van der Waals surface area contributed by atoms with Gasteiger partial charge in [-0.05, 0) is 68.1 Å². The summed E-state index contributed by atoms with van der Waals surface area (Å²) in [7, 11) is 0. The summed E-state index contributed by atoms with van der Waals surface area (Å²) >= 11 is 0. The number of nitrogens with one attached hydrogen (secondary N) is 2. The molecule has 0 atom stereocenters. The molecule has 5 rings (SSSR count). The predicted octanol–water partition coefficient (Wildman–Crippen LogP) is 4.08. The van der Waals surface area contributed by atoms with Gasteiger partial charge in [-0.3, -0.25) is 24.0 Å². The number of anilines is 2. The fourth-order valence-corrected chi connectivity index (χ4v) is 5.96. The maximum Gasteiger partial charge on any atom is 0.341 e. The lowest BCUT2D eigenvalue weighted by molar-refractivity contribution is -0.134. The first kappa shape index (κ1) is 33.5. The summed E-state index contributed by atoms with van der Waals surface area (Å²) in [6.45, 7) is 7.67. The molecule has 13 heteroatoms. The normalized spacial score (nSPS) is 15.6. The zero-order valence-corrected chi connectivity index (χ0v) is 26.4. The Kier molecular flexibility index (Phi) is 10.4. The molecule has 0 amide bonds. The number of aliphatic carboxylic acids is 1. The van der Waals surface area contributed by atoms with Gasteiger partial charge in [0.1, 0.15) is 28.9 Å². The lowest BCUT2D eigenvalue weighted by Gasteiger charge is -2.37. The summed E-state index contributed by atoms with van der Waals surface area (Å²) in [6.07, 6.45) is 3.00. The molecule has 1 aromatic heterocycles. The summed E-state index contributed by atoms with van der Waals surface area (Å²) in [4.78, 5) is 61.3. The summed E-state index contributed by atoms with van der Waals surface area (Å²) in [5.41, 5.74) is 1.20. The number of carbonyl (C=O) groups is 2. The van der Waals surface area contributed by atoms with Crippen LogP contribution in [0.5, 0.6) is 0 Å². The summed E-state index contributed by atoms with van der Waals surface area (Å²) in [5.74, 6) is -3.28. The number of halogens is 2. The molecule has 0 aliphatic carbocycles. The number of ketones is 1. The highest BCUT2D eigenvalue weighted by atomic mass is 19.1. The lowest BCUT2D eigenvalue weighted by atomic mass is 9.97. The van der Waals surface area contributed by atoms with Gasteiger partial charge in [0.05, 0.1) is 12.1 Å². The minimum Gasteiger partial charge on any atom is -0.477 e. The fraction of sp³-hybridized carbons (Fsp3) is 0.382. The maximum atomic E-state index is 14.5. The Hall–Kier alpha value is -4.91. The average Bonchev–Trinajstić information content (AvgIpc) is 3.02. The third-order valence-corrected chi connectivity index (χ3v) is 8.60. The maximum absolute atomic E-state index is 14.5. The number of Topliss-reactive ketones (excluding diaryl/α,β-unsaturated/α-hetero) is 1. The van der Waals surface area contributed by atoms with Crippen molar-refractivity contribution >= 4 is 34.8 Å². The third kappa shape index (κ3) is 7.91. The van der Waals surface area contributed by atoms with Gasteiger partial charge >= 0.3 is 11.7 Å². The van der Waals surface area contributed by atoms with Crippen LogP contribution < -0.4 is 16.6 Å². The van der Waals surface area contributed by atoms with Crippen molar-refractivity contribution < 1.29 is 23.5 Å². The minimum atomic E-state index is -1.51. The summed E-state index contributed by atoms with van der Waals surface area (Å²) < 4.78 is 29.2. The average molecular weight is 649 g/mol. The Morgan fingerprint density at radius 2 is 1.72 bits per heavy atom. The smallest absolute Gasteiger partial charge is 0.341 e. The second-order valence-corrected chi connectivity index (χ2v) is 11.8. The van der Waals surface area contributed by atoms with Crippen LogP contribution in [-0.4, -0.2) is 74.8 Å². The molecule has 47 heavy (non-hydrogen) atoms. The molecule has 11 nitrogen and oxygen atoms in total. The van der Waals surface area contributed by atoms with E-state index in [1.54, 1.807) is 0 Å². The molecule has 248 valence electrons. The van der Waals surface area contributed by atoms with E-state index in [1.807, 2.05) is 30.0 Å². The number of unbranched alkanes of at least 4 members (excludes halogenated alkanes) is 2. The van der Waals surface area contributed by atoms with Crippen LogP contribution in [-0.2, 0) is 22.6 Å². The van der Waals surface area contributed by atoms with Crippen LogP contribution in [0, 0.1) is 18.6 Å². The van der Waals surface area contributed by atoms with Crippen LogP contribution >= 0.6 is 0 Å². The largest absolute Gasteiger partial charge is 0.477 e. The second-order valence-electron chi connectivity index (χ2n) is 11.8. The first-order valence-corrected chi connectivity index (χ1v) is 15.8. The van der Waals surface area contributed by atoms with Crippen molar-refractivity contribution in [2.75, 3.05) is 38.0 Å².